The molecule has 1 saturated carbocycles. The van der Waals surface area contributed by atoms with Crippen molar-refractivity contribution in [2.75, 3.05) is 12.9 Å². The van der Waals surface area contributed by atoms with Crippen molar-refractivity contribution < 1.29 is 57.3 Å². The Balaban J connectivity index is 1.51. The summed E-state index contributed by atoms with van der Waals surface area (Å²) >= 11 is 1.47. The van der Waals surface area contributed by atoms with Crippen LogP contribution in [0.5, 0.6) is 0 Å². The van der Waals surface area contributed by atoms with E-state index in [1.807, 2.05) is 91.0 Å². The number of thioether (sulfide) groups is 1. The molecule has 0 radical (unpaired) electrons. The Morgan fingerprint density at radius 2 is 1.04 bits per heavy atom. The van der Waals surface area contributed by atoms with Gasteiger partial charge in [0.25, 0.3) is 0 Å². The van der Waals surface area contributed by atoms with Crippen molar-refractivity contribution in [2.24, 2.45) is 23.7 Å². The van der Waals surface area contributed by atoms with Gasteiger partial charge in [-0.1, -0.05) is 117 Å². The first-order valence-electron chi connectivity index (χ1n) is 27.2. The number of carbonyl (C=O) groups excluding carboxylic acids is 8. The molecule has 430 valence electrons. The van der Waals surface area contributed by atoms with Crippen LogP contribution in [0.25, 0.3) is 0 Å². The Kier molecular flexibility index (Phi) is 22.1. The molecule has 0 aromatic heterocycles. The van der Waals surface area contributed by atoms with Crippen LogP contribution in [-0.4, -0.2) is 113 Å². The third-order valence-corrected chi connectivity index (χ3v) is 15.0. The fraction of sp³-hybridized carbons (Fsp3) is 0.541. The van der Waals surface area contributed by atoms with Gasteiger partial charge in [-0.05, 0) is 123 Å². The van der Waals surface area contributed by atoms with Crippen molar-refractivity contribution in [1.29, 1.82) is 0 Å². The average molecular weight is 1110 g/mol. The van der Waals surface area contributed by atoms with E-state index in [1.165, 1.54) is 11.8 Å². The highest BCUT2D eigenvalue weighted by Crippen LogP contribution is 2.49. The molecule has 18 heteroatoms. The van der Waals surface area contributed by atoms with Gasteiger partial charge in [0.05, 0.1) is 30.0 Å². The highest BCUT2D eigenvalue weighted by Gasteiger charge is 2.44. The van der Waals surface area contributed by atoms with Crippen LogP contribution >= 0.6 is 11.8 Å². The molecule has 5 rings (SSSR count). The third-order valence-electron chi connectivity index (χ3n) is 13.4. The molecule has 3 aromatic rings. The van der Waals surface area contributed by atoms with Crippen LogP contribution in [0, 0.1) is 23.7 Å². The molecule has 2 aliphatic rings. The van der Waals surface area contributed by atoms with Gasteiger partial charge in [0.2, 0.25) is 29.5 Å². The van der Waals surface area contributed by atoms with E-state index in [-0.39, 0.29) is 42.3 Å². The molecule has 17 nitrogen and oxygen atoms in total. The van der Waals surface area contributed by atoms with E-state index in [9.17, 15) is 28.8 Å². The number of rotatable bonds is 25. The van der Waals surface area contributed by atoms with Gasteiger partial charge in [0, 0.05) is 18.1 Å². The van der Waals surface area contributed by atoms with E-state index in [1.54, 1.807) is 83.1 Å². The van der Waals surface area contributed by atoms with Crippen molar-refractivity contribution in [2.45, 2.75) is 173 Å². The summed E-state index contributed by atoms with van der Waals surface area (Å²) in [6.07, 6.45) is 3.40. The number of fused-ring (bicyclic) bond motifs is 2. The maximum atomic E-state index is 15.3. The van der Waals surface area contributed by atoms with Gasteiger partial charge in [0.15, 0.2) is 0 Å². The lowest BCUT2D eigenvalue weighted by atomic mass is 9.84. The van der Waals surface area contributed by atoms with Crippen LogP contribution in [0.3, 0.4) is 0 Å². The first kappa shape index (κ1) is 63.3. The molecular weight excluding hydrogens is 1030 g/mol. The van der Waals surface area contributed by atoms with Crippen molar-refractivity contribution in [3.8, 4) is 0 Å². The smallest absolute Gasteiger partial charge is 0.328 e. The van der Waals surface area contributed by atoms with Crippen molar-refractivity contribution >= 4 is 59.2 Å². The molecule has 0 heterocycles. The van der Waals surface area contributed by atoms with Crippen molar-refractivity contribution in [3.63, 3.8) is 0 Å². The minimum absolute atomic E-state index is 0.0220. The van der Waals surface area contributed by atoms with Crippen molar-refractivity contribution in [1.82, 2.24) is 26.6 Å². The molecule has 5 amide bonds. The summed E-state index contributed by atoms with van der Waals surface area (Å²) in [6.45, 7) is 20.2. The number of hydrogen-bond acceptors (Lipinski definition) is 13. The summed E-state index contributed by atoms with van der Waals surface area (Å²) in [7, 11) is 1.10. The lowest BCUT2D eigenvalue weighted by Gasteiger charge is -2.37. The Bertz CT molecular complexity index is 2510. The summed E-state index contributed by atoms with van der Waals surface area (Å²) in [4.78, 5) is 112. The molecule has 1 unspecified atom stereocenters. The van der Waals surface area contributed by atoms with E-state index in [0.29, 0.717) is 6.42 Å². The summed E-state index contributed by atoms with van der Waals surface area (Å²) < 4.78 is 21.3. The number of ether oxygens (including phenoxy) is 4. The molecule has 2 bridgehead atoms. The van der Waals surface area contributed by atoms with Gasteiger partial charge >= 0.3 is 17.9 Å². The van der Waals surface area contributed by atoms with Crippen LogP contribution in [0.4, 0.5) is 0 Å². The maximum absolute atomic E-state index is 15.3. The molecule has 0 saturated heterocycles. The van der Waals surface area contributed by atoms with E-state index >= 15 is 9.59 Å². The summed E-state index contributed by atoms with van der Waals surface area (Å²) in [5, 5.41) is 14.0. The topological polar surface area (TPSA) is 234 Å². The Hall–Kier alpha value is -6.53. The molecule has 3 aromatic carbocycles. The fourth-order valence-corrected chi connectivity index (χ4v) is 11.5. The molecule has 2 aliphatic carbocycles. The number of allylic oxidation sites excluding steroid dienone is 2. The normalized spacial score (nSPS) is 18.4. The quantitative estimate of drug-likeness (QED) is 0.0244. The number of nitrogens with one attached hydrogen (secondary N) is 5. The monoisotopic (exact) mass is 1110 g/mol. The van der Waals surface area contributed by atoms with Gasteiger partial charge in [-0.2, -0.15) is 0 Å². The number of benzene rings is 3. The highest BCUT2D eigenvalue weighted by atomic mass is 32.2. The molecule has 0 spiro atoms. The SMILES string of the molecule is COC(=O)[C@H](CC(=O)OC(C)(C)C)NC(=O)[C@@H](NC(=O)[C@H](CCC(=O)OC(C)(C)C)NC(=O)[C@@H](NC(=O)[C@@H](CSC(c1ccccc1)(c1ccccc1)c1ccccc1)NC(=O)C1C[C@@H]2C=C[C@H]1C2)[C@@H](C)OC(C)(C)C)C(C)C. The predicted octanol–water partition coefficient (Wildman–Crippen LogP) is 7.23. The predicted molar refractivity (Wildman–Crippen MR) is 303 cm³/mol. The number of carbonyl (C=O) groups is 8. The second-order valence-corrected chi connectivity index (χ2v) is 25.0. The fourth-order valence-electron chi connectivity index (χ4n) is 9.92. The van der Waals surface area contributed by atoms with Gasteiger partial charge < -0.3 is 45.5 Å². The standard InChI is InChI=1S/C61H83N5O12S/c1-37(2)50(55(72)63-46(57(74)75-13)35-49(68)78-60(10,11)12)65-53(70)45(31-32-48(67)77-59(7,8)9)62-56(73)51(38(3)76-58(4,5)6)66-54(71)47(64-52(69)44-34-39-29-30-40(44)33-39)36-79-61(41-23-17-14-18-24-41,42-25-19-15-20-26-42)43-27-21-16-22-28-43/h14-30,37-40,44-47,50-51H,31-36H2,1-13H3,(H,62,73)(H,63,72)(H,64,69)(H,65,70)(H,66,71)/t38-,39-,40+,44?,45+,46+,47-,50+,51+/m1/s1. The lowest BCUT2D eigenvalue weighted by molar-refractivity contribution is -0.159. The zero-order chi connectivity index (χ0) is 58.5. The van der Waals surface area contributed by atoms with Crippen LogP contribution in [0.2, 0.25) is 0 Å². The Morgan fingerprint density at radius 3 is 1.49 bits per heavy atom. The van der Waals surface area contributed by atoms with E-state index in [4.69, 9.17) is 18.9 Å². The zero-order valence-corrected chi connectivity index (χ0v) is 49.0. The van der Waals surface area contributed by atoms with Crippen molar-refractivity contribution in [3.05, 3.63) is 120 Å². The number of esters is 3. The Labute approximate surface area is 470 Å². The zero-order valence-electron chi connectivity index (χ0n) is 48.1. The van der Waals surface area contributed by atoms with E-state index in [0.717, 1.165) is 30.2 Å². The molecule has 79 heavy (non-hydrogen) atoms. The number of amides is 5. The van der Waals surface area contributed by atoms with Crippen LogP contribution in [0.15, 0.2) is 103 Å². The minimum Gasteiger partial charge on any atom is -0.467 e. The minimum atomic E-state index is -1.52. The number of methoxy groups -OCH3 is 1. The largest absolute Gasteiger partial charge is 0.467 e. The van der Waals surface area contributed by atoms with Gasteiger partial charge in [-0.3, -0.25) is 33.6 Å². The molecule has 0 aliphatic heterocycles. The summed E-state index contributed by atoms with van der Waals surface area (Å²) in [6, 6.07) is 22.7. The average Bonchev–Trinajstić information content (AvgIpc) is 4.05. The van der Waals surface area contributed by atoms with Crippen LogP contribution in [0.1, 0.15) is 132 Å². The second kappa shape index (κ2) is 27.6. The van der Waals surface area contributed by atoms with E-state index < -0.39 is 112 Å². The number of hydrogen-bond donors (Lipinski definition) is 5. The van der Waals surface area contributed by atoms with Gasteiger partial charge in [-0.15, -0.1) is 11.8 Å². The summed E-state index contributed by atoms with van der Waals surface area (Å²) in [5.41, 5.74) is 0.175. The molecule has 5 N–H and O–H groups in total. The van der Waals surface area contributed by atoms with Gasteiger partial charge in [0.1, 0.15) is 41.4 Å². The first-order valence-corrected chi connectivity index (χ1v) is 28.2. The van der Waals surface area contributed by atoms with E-state index in [2.05, 4.69) is 38.7 Å². The molecular formula is C61H83N5O12S. The van der Waals surface area contributed by atoms with Gasteiger partial charge in [-0.25, -0.2) is 4.79 Å². The second-order valence-electron chi connectivity index (χ2n) is 23.8. The molecule has 9 atom stereocenters. The summed E-state index contributed by atoms with van der Waals surface area (Å²) in [5.74, 6) is -6.63. The molecule has 1 fully saturated rings. The van der Waals surface area contributed by atoms with Crippen LogP contribution < -0.4 is 26.6 Å². The van der Waals surface area contributed by atoms with Crippen LogP contribution in [-0.2, 0) is 62.1 Å². The lowest BCUT2D eigenvalue weighted by Crippen LogP contribution is -2.62. The Morgan fingerprint density at radius 1 is 0.557 bits per heavy atom. The third kappa shape index (κ3) is 18.5. The first-order chi connectivity index (χ1) is 37.0. The highest BCUT2D eigenvalue weighted by molar-refractivity contribution is 8.00. The maximum Gasteiger partial charge on any atom is 0.328 e.